The molecule has 0 aliphatic rings. The van der Waals surface area contributed by atoms with Gasteiger partial charge in [0.05, 0.1) is 18.5 Å². The van der Waals surface area contributed by atoms with Crippen molar-refractivity contribution in [3.8, 4) is 5.75 Å². The Morgan fingerprint density at radius 1 is 1.50 bits per heavy atom. The molecule has 0 saturated carbocycles. The Kier molecular flexibility index (Phi) is 5.49. The number of aliphatic hydroxyl groups is 1. The number of ketones is 1. The predicted octanol–water partition coefficient (Wildman–Crippen LogP) is 2.08. The number of Topliss-reactive ketones (excluding diaryl/α,β-unsaturated/α-hetero) is 1. The van der Waals surface area contributed by atoms with E-state index >= 15 is 0 Å². The van der Waals surface area contributed by atoms with E-state index in [0.29, 0.717) is 29.7 Å². The average molecular weight is 287 g/mol. The Bertz CT molecular complexity index is 363. The summed E-state index contributed by atoms with van der Waals surface area (Å²) in [7, 11) is 0. The summed E-state index contributed by atoms with van der Waals surface area (Å²) in [6.45, 7) is 2.32. The van der Waals surface area contributed by atoms with E-state index in [4.69, 9.17) is 4.74 Å². The molecule has 0 radical (unpaired) electrons. The first-order chi connectivity index (χ1) is 7.72. The SMILES string of the molecule is CCOc1cccc(CC(=O)CBr)c1CO. The van der Waals surface area contributed by atoms with Gasteiger partial charge < -0.3 is 9.84 Å². The van der Waals surface area contributed by atoms with Crippen LogP contribution in [0.4, 0.5) is 0 Å². The van der Waals surface area contributed by atoms with Crippen molar-refractivity contribution in [2.24, 2.45) is 0 Å². The van der Waals surface area contributed by atoms with E-state index in [1.54, 1.807) is 6.07 Å². The highest BCUT2D eigenvalue weighted by Crippen LogP contribution is 2.23. The molecule has 0 heterocycles. The maximum atomic E-state index is 11.3. The zero-order chi connectivity index (χ0) is 12.0. The zero-order valence-electron chi connectivity index (χ0n) is 9.20. The lowest BCUT2D eigenvalue weighted by molar-refractivity contribution is -0.115. The molecule has 0 unspecified atom stereocenters. The van der Waals surface area contributed by atoms with Crippen molar-refractivity contribution in [1.82, 2.24) is 0 Å². The lowest BCUT2D eigenvalue weighted by atomic mass is 10.0. The van der Waals surface area contributed by atoms with Crippen LogP contribution >= 0.6 is 15.9 Å². The fourth-order valence-corrected chi connectivity index (χ4v) is 1.70. The quantitative estimate of drug-likeness (QED) is 0.815. The number of alkyl halides is 1. The summed E-state index contributed by atoms with van der Waals surface area (Å²) in [6, 6.07) is 5.48. The predicted molar refractivity (Wildman–Crippen MR) is 66.0 cm³/mol. The number of hydrogen-bond acceptors (Lipinski definition) is 3. The topological polar surface area (TPSA) is 46.5 Å². The normalized spacial score (nSPS) is 10.2. The van der Waals surface area contributed by atoms with E-state index in [9.17, 15) is 9.90 Å². The third kappa shape index (κ3) is 3.32. The fraction of sp³-hybridized carbons (Fsp3) is 0.417. The van der Waals surface area contributed by atoms with Gasteiger partial charge in [0, 0.05) is 12.0 Å². The van der Waals surface area contributed by atoms with E-state index < -0.39 is 0 Å². The van der Waals surface area contributed by atoms with Crippen molar-refractivity contribution in [2.75, 3.05) is 11.9 Å². The summed E-state index contributed by atoms with van der Waals surface area (Å²) in [4.78, 5) is 11.3. The molecule has 0 saturated heterocycles. The third-order valence-corrected chi connectivity index (χ3v) is 2.85. The van der Waals surface area contributed by atoms with Crippen molar-refractivity contribution >= 4 is 21.7 Å². The molecule has 0 aliphatic heterocycles. The molecule has 0 amide bonds. The van der Waals surface area contributed by atoms with Gasteiger partial charge in [0.1, 0.15) is 11.5 Å². The smallest absolute Gasteiger partial charge is 0.147 e. The van der Waals surface area contributed by atoms with Crippen LogP contribution in [0, 0.1) is 0 Å². The van der Waals surface area contributed by atoms with Gasteiger partial charge in [-0.25, -0.2) is 0 Å². The molecule has 0 atom stereocenters. The monoisotopic (exact) mass is 286 g/mol. The molecule has 4 heteroatoms. The van der Waals surface area contributed by atoms with E-state index in [0.717, 1.165) is 5.56 Å². The largest absolute Gasteiger partial charge is 0.493 e. The number of carbonyl (C=O) groups is 1. The van der Waals surface area contributed by atoms with Crippen LogP contribution in [0.1, 0.15) is 18.1 Å². The van der Waals surface area contributed by atoms with E-state index in [1.165, 1.54) is 0 Å². The van der Waals surface area contributed by atoms with Crippen LogP contribution in [0.5, 0.6) is 5.75 Å². The molecular formula is C12H15BrO3. The highest BCUT2D eigenvalue weighted by atomic mass is 79.9. The first-order valence-electron chi connectivity index (χ1n) is 5.15. The summed E-state index contributed by atoms with van der Waals surface area (Å²) < 4.78 is 5.40. The van der Waals surface area contributed by atoms with Gasteiger partial charge in [-0.2, -0.15) is 0 Å². The molecule has 3 nitrogen and oxygen atoms in total. The van der Waals surface area contributed by atoms with Gasteiger partial charge in [-0.15, -0.1) is 0 Å². The molecule has 1 N–H and O–H groups in total. The van der Waals surface area contributed by atoms with Crippen molar-refractivity contribution < 1.29 is 14.6 Å². The number of ether oxygens (including phenoxy) is 1. The summed E-state index contributed by atoms with van der Waals surface area (Å²) in [5.74, 6) is 0.744. The molecule has 1 rings (SSSR count). The number of carbonyl (C=O) groups excluding carboxylic acids is 1. The van der Waals surface area contributed by atoms with Crippen LogP contribution in [0.25, 0.3) is 0 Å². The second-order valence-electron chi connectivity index (χ2n) is 3.33. The molecule has 0 spiro atoms. The van der Waals surface area contributed by atoms with Crippen molar-refractivity contribution in [3.05, 3.63) is 29.3 Å². The summed E-state index contributed by atoms with van der Waals surface area (Å²) in [5.41, 5.74) is 1.54. The van der Waals surface area contributed by atoms with Crippen LogP contribution < -0.4 is 4.74 Å². The van der Waals surface area contributed by atoms with Crippen LogP contribution in [-0.2, 0) is 17.8 Å². The molecule has 1 aromatic rings. The van der Waals surface area contributed by atoms with E-state index in [-0.39, 0.29) is 12.4 Å². The Balaban J connectivity index is 2.98. The highest BCUT2D eigenvalue weighted by molar-refractivity contribution is 9.09. The van der Waals surface area contributed by atoms with Gasteiger partial charge in [-0.1, -0.05) is 28.1 Å². The van der Waals surface area contributed by atoms with Gasteiger partial charge >= 0.3 is 0 Å². The molecule has 16 heavy (non-hydrogen) atoms. The highest BCUT2D eigenvalue weighted by Gasteiger charge is 2.11. The molecule has 0 fully saturated rings. The number of rotatable bonds is 6. The van der Waals surface area contributed by atoms with Crippen LogP contribution in [-0.4, -0.2) is 22.8 Å². The van der Waals surface area contributed by atoms with E-state index in [2.05, 4.69) is 15.9 Å². The summed E-state index contributed by atoms with van der Waals surface area (Å²) >= 11 is 3.12. The van der Waals surface area contributed by atoms with Crippen LogP contribution in [0.2, 0.25) is 0 Å². The molecule has 0 aromatic heterocycles. The zero-order valence-corrected chi connectivity index (χ0v) is 10.8. The second-order valence-corrected chi connectivity index (χ2v) is 3.89. The summed E-state index contributed by atoms with van der Waals surface area (Å²) in [6.07, 6.45) is 0.321. The minimum absolute atomic E-state index is 0.0864. The molecule has 0 aliphatic carbocycles. The second kappa shape index (κ2) is 6.66. The molecule has 1 aromatic carbocycles. The maximum absolute atomic E-state index is 11.3. The molecular weight excluding hydrogens is 272 g/mol. The number of benzene rings is 1. The minimum Gasteiger partial charge on any atom is -0.493 e. The number of aliphatic hydroxyl groups excluding tert-OH is 1. The minimum atomic E-state index is -0.110. The number of halogens is 1. The van der Waals surface area contributed by atoms with Crippen LogP contribution in [0.15, 0.2) is 18.2 Å². The first kappa shape index (κ1) is 13.2. The van der Waals surface area contributed by atoms with Gasteiger partial charge in [0.25, 0.3) is 0 Å². The first-order valence-corrected chi connectivity index (χ1v) is 6.27. The van der Waals surface area contributed by atoms with Crippen LogP contribution in [0.3, 0.4) is 0 Å². The number of hydrogen-bond donors (Lipinski definition) is 1. The molecule has 0 bridgehead atoms. The Morgan fingerprint density at radius 2 is 2.25 bits per heavy atom. The van der Waals surface area contributed by atoms with Gasteiger partial charge in [0.15, 0.2) is 0 Å². The van der Waals surface area contributed by atoms with Crippen molar-refractivity contribution in [1.29, 1.82) is 0 Å². The Morgan fingerprint density at radius 3 is 2.81 bits per heavy atom. The fourth-order valence-electron chi connectivity index (χ4n) is 1.51. The lowest BCUT2D eigenvalue weighted by Crippen LogP contribution is -2.08. The van der Waals surface area contributed by atoms with E-state index in [1.807, 2.05) is 19.1 Å². The van der Waals surface area contributed by atoms with Gasteiger partial charge in [-0.05, 0) is 18.6 Å². The standard InChI is InChI=1S/C12H15BrO3/c1-2-16-12-5-3-4-9(11(12)8-14)6-10(15)7-13/h3-5,14H,2,6-8H2,1H3. The maximum Gasteiger partial charge on any atom is 0.147 e. The Hall–Kier alpha value is -0.870. The third-order valence-electron chi connectivity index (χ3n) is 2.22. The van der Waals surface area contributed by atoms with Crippen molar-refractivity contribution in [3.63, 3.8) is 0 Å². The summed E-state index contributed by atoms with van der Waals surface area (Å²) in [5, 5.41) is 9.64. The van der Waals surface area contributed by atoms with Gasteiger partial charge in [-0.3, -0.25) is 4.79 Å². The Labute approximate surface area is 104 Å². The van der Waals surface area contributed by atoms with Crippen molar-refractivity contribution in [2.45, 2.75) is 20.0 Å². The molecule has 88 valence electrons. The average Bonchev–Trinajstić information content (AvgIpc) is 2.29. The lowest BCUT2D eigenvalue weighted by Gasteiger charge is -2.12. The van der Waals surface area contributed by atoms with Gasteiger partial charge in [0.2, 0.25) is 0 Å².